The zero-order chi connectivity index (χ0) is 47.0. The van der Waals surface area contributed by atoms with Gasteiger partial charge in [-0.15, -0.1) is 0 Å². The third-order valence-corrected chi connectivity index (χ3v) is 18.2. The highest BCUT2D eigenvalue weighted by Gasteiger charge is 2.41. The lowest BCUT2D eigenvalue weighted by Crippen LogP contribution is -2.74. The van der Waals surface area contributed by atoms with Gasteiger partial charge in [-0.05, 0) is 68.3 Å². The van der Waals surface area contributed by atoms with Crippen LogP contribution in [0.5, 0.6) is 0 Å². The van der Waals surface area contributed by atoms with Crippen molar-refractivity contribution in [1.82, 2.24) is 29.5 Å². The van der Waals surface area contributed by atoms with Crippen molar-refractivity contribution in [2.24, 2.45) is 0 Å². The second-order valence-corrected chi connectivity index (χ2v) is 21.4. The van der Waals surface area contributed by atoms with Gasteiger partial charge in [0.05, 0.1) is 11.0 Å². The van der Waals surface area contributed by atoms with Crippen LogP contribution in [0.2, 0.25) is 0 Å². The summed E-state index contributed by atoms with van der Waals surface area (Å²) in [7, 11) is -2.87. The summed E-state index contributed by atoms with van der Waals surface area (Å²) in [6.45, 7) is 3.93. The quantitative estimate of drug-likeness (QED) is 0.0776. The Morgan fingerprint density at radius 1 is 0.386 bits per heavy atom. The molecule has 0 saturated carbocycles. The second kappa shape index (κ2) is 17.9. The number of rotatable bonds is 10. The average molecular weight is 917 g/mol. The molecular formula is C62H46N7Si+. The molecule has 7 nitrogen and oxygen atoms in total. The fraction of sp³-hybridized carbons (Fsp3) is 0.0323. The second-order valence-electron chi connectivity index (χ2n) is 17.6. The van der Waals surface area contributed by atoms with Crippen LogP contribution < -0.4 is 25.3 Å². The van der Waals surface area contributed by atoms with Crippen LogP contribution in [0.15, 0.2) is 243 Å². The molecule has 0 saturated heterocycles. The van der Waals surface area contributed by atoms with Crippen molar-refractivity contribution in [1.29, 1.82) is 0 Å². The van der Waals surface area contributed by atoms with Crippen LogP contribution in [0.25, 0.3) is 78.5 Å². The molecule has 9 aromatic carbocycles. The Balaban J connectivity index is 1.13. The minimum Gasteiger partial charge on any atom is -0.309 e. The molecule has 0 aliphatic carbocycles. The molecule has 0 unspecified atom stereocenters. The van der Waals surface area contributed by atoms with Crippen molar-refractivity contribution in [2.75, 3.05) is 0 Å². The van der Waals surface area contributed by atoms with E-state index >= 15 is 0 Å². The van der Waals surface area contributed by atoms with E-state index in [1.165, 1.54) is 20.7 Å². The van der Waals surface area contributed by atoms with Crippen LogP contribution >= 0.6 is 0 Å². The van der Waals surface area contributed by atoms with Crippen LogP contribution in [-0.4, -0.2) is 37.6 Å². The molecule has 0 aliphatic rings. The average Bonchev–Trinajstić information content (AvgIpc) is 3.76. The monoisotopic (exact) mass is 916 g/mol. The van der Waals surface area contributed by atoms with Crippen LogP contribution in [-0.2, 0) is 0 Å². The third kappa shape index (κ3) is 7.48. The van der Waals surface area contributed by atoms with Gasteiger partial charge < -0.3 is 4.57 Å². The van der Waals surface area contributed by atoms with E-state index in [1.807, 2.05) is 61.1 Å². The molecule has 70 heavy (non-hydrogen) atoms. The summed E-state index contributed by atoms with van der Waals surface area (Å²) >= 11 is 0. The summed E-state index contributed by atoms with van der Waals surface area (Å²) in [6.07, 6.45) is 1.85. The number of fused-ring (bicyclic) bond motifs is 3. The molecule has 0 aliphatic heterocycles. The lowest BCUT2D eigenvalue weighted by molar-refractivity contribution is -0.610. The highest BCUT2D eigenvalue weighted by Crippen LogP contribution is 2.38. The van der Waals surface area contributed by atoms with Gasteiger partial charge in [-0.2, -0.15) is 0 Å². The summed E-state index contributed by atoms with van der Waals surface area (Å²) in [4.78, 5) is 25.0. The highest BCUT2D eigenvalue weighted by molar-refractivity contribution is 7.19. The van der Waals surface area contributed by atoms with E-state index in [1.54, 1.807) is 0 Å². The van der Waals surface area contributed by atoms with Crippen LogP contribution in [0.4, 0.5) is 0 Å². The highest BCUT2D eigenvalue weighted by atomic mass is 28.3. The molecule has 12 rings (SSSR count). The summed E-state index contributed by atoms with van der Waals surface area (Å²) in [5.74, 6) is 3.42. The number of nitrogens with zero attached hydrogens (tertiary/aromatic N) is 7. The van der Waals surface area contributed by atoms with Crippen molar-refractivity contribution >= 4 is 50.6 Å². The van der Waals surface area contributed by atoms with E-state index in [9.17, 15) is 0 Å². The normalized spacial score (nSPS) is 11.6. The maximum absolute atomic E-state index is 5.37. The summed E-state index contributed by atoms with van der Waals surface area (Å²) in [6, 6.07) is 84.8. The van der Waals surface area contributed by atoms with Gasteiger partial charge >= 0.3 is 0 Å². The third-order valence-electron chi connectivity index (χ3n) is 13.4. The maximum Gasteiger partial charge on any atom is 0.273 e. The predicted molar refractivity (Wildman–Crippen MR) is 286 cm³/mol. The SMILES string of the molecule is Cc1nc[n+](-c2ccc3c(c2)c2ccccc2n3-c2ccc(-c3cccc([Si](c4ccccc4)(c4ccccc4)c4ccccc4)c3)c(-c3nc(-c4ccccc4)nc(-c4ccccc4)n3)c2)c(C)n1. The van der Waals surface area contributed by atoms with E-state index in [4.69, 9.17) is 15.0 Å². The first kappa shape index (κ1) is 42.4. The molecule has 3 aromatic heterocycles. The topological polar surface area (TPSA) is 73.3 Å². The number of hydrogen-bond donors (Lipinski definition) is 0. The molecule has 332 valence electrons. The van der Waals surface area contributed by atoms with Gasteiger partial charge in [0.15, 0.2) is 25.5 Å². The summed E-state index contributed by atoms with van der Waals surface area (Å²) in [5, 5.41) is 7.49. The fourth-order valence-electron chi connectivity index (χ4n) is 10.2. The Morgan fingerprint density at radius 3 is 1.50 bits per heavy atom. The van der Waals surface area contributed by atoms with Crippen molar-refractivity contribution in [2.45, 2.75) is 13.8 Å². The summed E-state index contributed by atoms with van der Waals surface area (Å²) in [5.41, 5.74) is 8.96. The van der Waals surface area contributed by atoms with Gasteiger partial charge in [0, 0.05) is 47.0 Å². The Bertz CT molecular complexity index is 3690. The Labute approximate surface area is 407 Å². The largest absolute Gasteiger partial charge is 0.309 e. The van der Waals surface area contributed by atoms with Crippen molar-refractivity contribution in [3.8, 4) is 56.7 Å². The number of aryl methyl sites for hydroxylation is 2. The summed E-state index contributed by atoms with van der Waals surface area (Å²) < 4.78 is 4.40. The van der Waals surface area contributed by atoms with Gasteiger partial charge in [0.1, 0.15) is 5.69 Å². The van der Waals surface area contributed by atoms with E-state index in [2.05, 4.69) is 215 Å². The molecule has 0 atom stereocenters. The van der Waals surface area contributed by atoms with Gasteiger partial charge in [0.25, 0.3) is 5.82 Å². The van der Waals surface area contributed by atoms with E-state index in [0.717, 1.165) is 72.6 Å². The van der Waals surface area contributed by atoms with E-state index < -0.39 is 8.07 Å². The molecule has 0 fully saturated rings. The fourth-order valence-corrected chi connectivity index (χ4v) is 15.0. The molecule has 8 heteroatoms. The zero-order valence-electron chi connectivity index (χ0n) is 38.7. The first-order chi connectivity index (χ1) is 34.5. The van der Waals surface area contributed by atoms with E-state index in [-0.39, 0.29) is 0 Å². The van der Waals surface area contributed by atoms with Gasteiger partial charge in [-0.1, -0.05) is 210 Å². The molecule has 0 radical (unpaired) electrons. The van der Waals surface area contributed by atoms with Crippen molar-refractivity contribution in [3.05, 3.63) is 255 Å². The van der Waals surface area contributed by atoms with Gasteiger partial charge in [-0.3, -0.25) is 0 Å². The lowest BCUT2D eigenvalue weighted by Gasteiger charge is -2.34. The maximum atomic E-state index is 5.37. The van der Waals surface area contributed by atoms with E-state index in [0.29, 0.717) is 17.5 Å². The lowest BCUT2D eigenvalue weighted by atomic mass is 9.98. The molecule has 0 bridgehead atoms. The standard InChI is InChI=1S/C62H46N7Si/c1-43-63-42-68(44(2)64-43)48-36-38-59-56(40-48)55-33-18-19-34-58(55)69(59)49-35-37-54(57(41-49)62-66-60(45-21-8-3-9-22-45)65-61(67-62)46-23-10-4-11-24-46)47-25-20-32-53(39-47)70(50-26-12-5-13-27-50,51-28-14-6-15-29-51)52-30-16-7-17-31-52/h3-42H,1-2H3/q+1. The number of benzene rings is 9. The van der Waals surface area contributed by atoms with Crippen LogP contribution in [0.1, 0.15) is 11.6 Å². The van der Waals surface area contributed by atoms with Crippen molar-refractivity contribution in [3.63, 3.8) is 0 Å². The Kier molecular flexibility index (Phi) is 10.8. The zero-order valence-corrected chi connectivity index (χ0v) is 39.7. The Morgan fingerprint density at radius 2 is 0.900 bits per heavy atom. The molecule has 0 amide bonds. The van der Waals surface area contributed by atoms with Crippen LogP contribution in [0.3, 0.4) is 0 Å². The number of aromatic nitrogens is 7. The minimum absolute atomic E-state index is 0.585. The van der Waals surface area contributed by atoms with Crippen molar-refractivity contribution < 1.29 is 4.57 Å². The minimum atomic E-state index is -2.87. The van der Waals surface area contributed by atoms with Crippen LogP contribution in [0, 0.1) is 13.8 Å². The van der Waals surface area contributed by atoms with Gasteiger partial charge in [0.2, 0.25) is 12.2 Å². The molecule has 0 spiro atoms. The number of hydrogen-bond acceptors (Lipinski definition) is 5. The van der Waals surface area contributed by atoms with Gasteiger partial charge in [-0.25, -0.2) is 19.5 Å². The molecule has 3 heterocycles. The smallest absolute Gasteiger partial charge is 0.273 e. The molecule has 0 N–H and O–H groups in total. The number of para-hydroxylation sites is 1. The molecular weight excluding hydrogens is 871 g/mol. The Hall–Kier alpha value is -8.98. The molecule has 12 aromatic rings. The first-order valence-electron chi connectivity index (χ1n) is 23.6. The first-order valence-corrected chi connectivity index (χ1v) is 25.6. The predicted octanol–water partition coefficient (Wildman–Crippen LogP) is 10.7.